The zero-order valence-electron chi connectivity index (χ0n) is 26.2. The van der Waals surface area contributed by atoms with Crippen molar-refractivity contribution in [2.24, 2.45) is 0 Å². The van der Waals surface area contributed by atoms with Crippen molar-refractivity contribution in [2.75, 3.05) is 18.0 Å². The Bertz CT molecular complexity index is 1510. The Balaban J connectivity index is 1.91. The highest BCUT2D eigenvalue weighted by atomic mass is 32.1. The van der Waals surface area contributed by atoms with Crippen LogP contribution in [0.2, 0.25) is 0 Å². The Labute approximate surface area is 263 Å². The molecule has 0 radical (unpaired) electrons. The van der Waals surface area contributed by atoms with Gasteiger partial charge in [0.1, 0.15) is 11.5 Å². The molecule has 0 bridgehead atoms. The Kier molecular flexibility index (Phi) is 11.9. The van der Waals surface area contributed by atoms with E-state index in [2.05, 4.69) is 41.8 Å². The van der Waals surface area contributed by atoms with Crippen LogP contribution in [-0.2, 0) is 4.74 Å². The molecule has 1 aliphatic heterocycles. The van der Waals surface area contributed by atoms with Crippen LogP contribution in [0.15, 0.2) is 59.0 Å². The minimum Gasteiger partial charge on any atom is -0.490 e. The fourth-order valence-corrected chi connectivity index (χ4v) is 5.50. The molecule has 2 heterocycles. The first-order chi connectivity index (χ1) is 20.9. The molecule has 2 aromatic rings. The normalized spacial score (nSPS) is 18.2. The van der Waals surface area contributed by atoms with E-state index in [1.165, 1.54) is 24.3 Å². The van der Waals surface area contributed by atoms with Gasteiger partial charge in [-0.25, -0.2) is 4.85 Å². The Morgan fingerprint density at radius 2 is 1.70 bits per heavy atom. The summed E-state index contributed by atoms with van der Waals surface area (Å²) in [6, 6.07) is 11.8. The molecule has 1 aromatic carbocycles. The summed E-state index contributed by atoms with van der Waals surface area (Å²) in [5, 5.41) is 9.24. The van der Waals surface area contributed by atoms with Crippen LogP contribution in [0.3, 0.4) is 0 Å². The highest BCUT2D eigenvalue weighted by Gasteiger charge is 2.60. The lowest BCUT2D eigenvalue weighted by Crippen LogP contribution is -2.43. The molecule has 0 spiro atoms. The number of benzene rings is 1. The van der Waals surface area contributed by atoms with Gasteiger partial charge in [0.2, 0.25) is 11.3 Å². The minimum absolute atomic E-state index is 0.000444. The van der Waals surface area contributed by atoms with E-state index in [0.29, 0.717) is 4.88 Å². The Hall–Kier alpha value is -3.95. The predicted molar refractivity (Wildman–Crippen MR) is 174 cm³/mol. The number of unbranched alkanes of at least 4 members (excludes halogenated alkanes) is 2. The van der Waals surface area contributed by atoms with Gasteiger partial charge in [0.15, 0.2) is 0 Å². The number of ether oxygens (including phenoxy) is 2. The predicted octanol–water partition coefficient (Wildman–Crippen LogP) is 10.4. The van der Waals surface area contributed by atoms with Gasteiger partial charge in [-0.3, -0.25) is 0 Å². The summed E-state index contributed by atoms with van der Waals surface area (Å²) >= 11 is 1.40. The van der Waals surface area contributed by atoms with Crippen LogP contribution < -0.4 is 9.64 Å². The molecule has 1 atom stereocenters. The van der Waals surface area contributed by atoms with Crippen molar-refractivity contribution >= 4 is 35.3 Å². The lowest BCUT2D eigenvalue weighted by Gasteiger charge is -2.29. The zero-order chi connectivity index (χ0) is 32.5. The minimum atomic E-state index is -4.79. The third kappa shape index (κ3) is 8.15. The van der Waals surface area contributed by atoms with Crippen LogP contribution in [0.4, 0.5) is 18.9 Å². The van der Waals surface area contributed by atoms with E-state index in [4.69, 9.17) is 16.0 Å². The SMILES string of the molecule is [C-]#[N+]C1=C(/C=C/c2ccc(/C=C/c3ccc(N(CCCC)CCCC)cc3OC(C)C)s2)C(C)(C(F)(F)F)O/C1=C(\C)C#N. The first kappa shape index (κ1) is 34.5. The van der Waals surface area contributed by atoms with Gasteiger partial charge in [-0.1, -0.05) is 32.8 Å². The Morgan fingerprint density at radius 1 is 1.09 bits per heavy atom. The maximum atomic E-state index is 14.1. The van der Waals surface area contributed by atoms with E-state index in [1.807, 2.05) is 38.1 Å². The molecule has 0 saturated heterocycles. The van der Waals surface area contributed by atoms with Crippen LogP contribution in [0.1, 0.15) is 82.5 Å². The highest BCUT2D eigenvalue weighted by molar-refractivity contribution is 7.13. The molecule has 1 unspecified atom stereocenters. The highest BCUT2D eigenvalue weighted by Crippen LogP contribution is 2.50. The number of allylic oxidation sites excluding steroid dienone is 1. The van der Waals surface area contributed by atoms with Crippen molar-refractivity contribution in [3.05, 3.63) is 85.7 Å². The van der Waals surface area contributed by atoms with Gasteiger partial charge in [0, 0.05) is 45.7 Å². The summed E-state index contributed by atoms with van der Waals surface area (Å²) in [5.74, 6) is 0.465. The maximum Gasteiger partial charge on any atom is 0.430 e. The lowest BCUT2D eigenvalue weighted by molar-refractivity contribution is -0.236. The molecule has 44 heavy (non-hydrogen) atoms. The molecule has 0 N–H and O–H groups in total. The summed E-state index contributed by atoms with van der Waals surface area (Å²) < 4.78 is 53.7. The quantitative estimate of drug-likeness (QED) is 0.165. The van der Waals surface area contributed by atoms with E-state index >= 15 is 0 Å². The summed E-state index contributed by atoms with van der Waals surface area (Å²) in [6.45, 7) is 20.1. The van der Waals surface area contributed by atoms with Gasteiger partial charge in [-0.05, 0) is 83.0 Å². The molecular formula is C35H40F3N3O2S. The fraction of sp³-hybridized carbons (Fsp3) is 0.429. The van der Waals surface area contributed by atoms with E-state index in [-0.39, 0.29) is 28.7 Å². The van der Waals surface area contributed by atoms with Crippen molar-refractivity contribution in [3.8, 4) is 11.8 Å². The van der Waals surface area contributed by atoms with Crippen molar-refractivity contribution in [3.63, 3.8) is 0 Å². The van der Waals surface area contributed by atoms with Crippen molar-refractivity contribution < 1.29 is 22.6 Å². The summed E-state index contributed by atoms with van der Waals surface area (Å²) in [5.41, 5.74) is -1.37. The second-order valence-electron chi connectivity index (χ2n) is 11.1. The van der Waals surface area contributed by atoms with E-state index in [9.17, 15) is 18.4 Å². The molecule has 234 valence electrons. The summed E-state index contributed by atoms with van der Waals surface area (Å²) in [6.07, 6.45) is 6.46. The first-order valence-electron chi connectivity index (χ1n) is 14.9. The van der Waals surface area contributed by atoms with Gasteiger partial charge in [-0.15, -0.1) is 11.3 Å². The van der Waals surface area contributed by atoms with Crippen molar-refractivity contribution in [2.45, 2.75) is 85.1 Å². The first-order valence-corrected chi connectivity index (χ1v) is 15.7. The molecule has 3 rings (SSSR count). The van der Waals surface area contributed by atoms with Gasteiger partial charge in [0.05, 0.1) is 24.3 Å². The van der Waals surface area contributed by atoms with Crippen molar-refractivity contribution in [1.29, 1.82) is 5.26 Å². The molecule has 0 aliphatic carbocycles. The lowest BCUT2D eigenvalue weighted by atomic mass is 9.94. The average Bonchev–Trinajstić information content (AvgIpc) is 3.56. The van der Waals surface area contributed by atoms with Gasteiger partial charge < -0.3 is 14.4 Å². The molecule has 1 aromatic heterocycles. The topological polar surface area (TPSA) is 49.9 Å². The molecule has 0 saturated carbocycles. The molecule has 5 nitrogen and oxygen atoms in total. The Morgan fingerprint density at radius 3 is 2.23 bits per heavy atom. The van der Waals surface area contributed by atoms with E-state index in [1.54, 1.807) is 12.1 Å². The molecule has 1 aliphatic rings. The van der Waals surface area contributed by atoms with Crippen LogP contribution in [0.25, 0.3) is 23.1 Å². The zero-order valence-corrected chi connectivity index (χ0v) is 27.0. The fourth-order valence-electron chi connectivity index (χ4n) is 4.69. The van der Waals surface area contributed by atoms with Gasteiger partial charge >= 0.3 is 6.18 Å². The van der Waals surface area contributed by atoms with Gasteiger partial charge in [0.25, 0.3) is 0 Å². The number of alkyl halides is 3. The largest absolute Gasteiger partial charge is 0.490 e. The van der Waals surface area contributed by atoms with E-state index in [0.717, 1.165) is 67.6 Å². The second-order valence-corrected chi connectivity index (χ2v) is 12.2. The number of hydrogen-bond donors (Lipinski definition) is 0. The number of rotatable bonds is 13. The molecular weight excluding hydrogens is 583 g/mol. The number of nitrogens with zero attached hydrogens (tertiary/aromatic N) is 3. The monoisotopic (exact) mass is 623 g/mol. The van der Waals surface area contributed by atoms with Crippen LogP contribution >= 0.6 is 11.3 Å². The maximum absolute atomic E-state index is 14.1. The molecule has 9 heteroatoms. The smallest absolute Gasteiger partial charge is 0.430 e. The number of anilines is 1. The number of nitriles is 1. The molecule has 0 fully saturated rings. The standard InChI is InChI=1S/C35H40F3N3O2S/c1-8-10-20-41(21-11-9-2)27-14-12-26(31(22-27)42-24(3)4)13-15-28-16-17-29(44-28)18-19-30-32(40-7)33(25(5)23-39)43-34(30,6)35(36,37)38/h12-19,22,24H,8-11,20-21H2,1-6H3/b15-13+,19-18+,33-25+. The third-order valence-corrected chi connectivity index (χ3v) is 8.24. The molecule has 0 amide bonds. The van der Waals surface area contributed by atoms with Crippen LogP contribution in [-0.4, -0.2) is 31.0 Å². The van der Waals surface area contributed by atoms with Crippen LogP contribution in [0, 0.1) is 17.9 Å². The van der Waals surface area contributed by atoms with E-state index < -0.39 is 11.8 Å². The van der Waals surface area contributed by atoms with Gasteiger partial charge in [-0.2, -0.15) is 18.4 Å². The summed E-state index contributed by atoms with van der Waals surface area (Å²) in [4.78, 5) is 7.33. The number of halogens is 3. The van der Waals surface area contributed by atoms with Crippen molar-refractivity contribution in [1.82, 2.24) is 0 Å². The second kappa shape index (κ2) is 15.2. The average molecular weight is 624 g/mol. The van der Waals surface area contributed by atoms with Crippen LogP contribution in [0.5, 0.6) is 5.75 Å². The summed E-state index contributed by atoms with van der Waals surface area (Å²) in [7, 11) is 0. The number of thiophene rings is 1. The third-order valence-electron chi connectivity index (χ3n) is 7.23. The number of hydrogen-bond acceptors (Lipinski definition) is 5.